The van der Waals surface area contributed by atoms with E-state index in [1.165, 1.54) is 0 Å². The maximum absolute atomic E-state index is 13.2. The molecule has 1 aliphatic heterocycles. The SMILES string of the molecule is CCCC[C@@H]1C(=O)N(C)CCN1C(=O)c1cccc2cccnc12. The molecular formula is C19H23N3O2. The van der Waals surface area contributed by atoms with Crippen LogP contribution < -0.4 is 0 Å². The van der Waals surface area contributed by atoms with Crippen LogP contribution in [-0.4, -0.2) is 52.8 Å². The fourth-order valence-electron chi connectivity index (χ4n) is 3.26. The predicted octanol–water partition coefficient (Wildman–Crippen LogP) is 2.71. The molecule has 2 heterocycles. The minimum atomic E-state index is -0.366. The Kier molecular flexibility index (Phi) is 4.79. The summed E-state index contributed by atoms with van der Waals surface area (Å²) in [6, 6.07) is 9.06. The van der Waals surface area contributed by atoms with Crippen molar-refractivity contribution in [1.82, 2.24) is 14.8 Å². The van der Waals surface area contributed by atoms with E-state index in [-0.39, 0.29) is 17.9 Å². The van der Waals surface area contributed by atoms with Crippen molar-refractivity contribution in [1.29, 1.82) is 0 Å². The van der Waals surface area contributed by atoms with Gasteiger partial charge in [0.15, 0.2) is 0 Å². The number of rotatable bonds is 4. The van der Waals surface area contributed by atoms with Gasteiger partial charge in [0.05, 0.1) is 11.1 Å². The highest BCUT2D eigenvalue weighted by Crippen LogP contribution is 2.22. The predicted molar refractivity (Wildman–Crippen MR) is 93.7 cm³/mol. The number of likely N-dealkylation sites (N-methyl/N-ethyl adjacent to an activating group) is 1. The molecule has 126 valence electrons. The summed E-state index contributed by atoms with van der Waals surface area (Å²) in [5, 5.41) is 0.939. The number of hydrogen-bond donors (Lipinski definition) is 0. The molecule has 1 atom stereocenters. The number of piperazine rings is 1. The molecule has 0 aliphatic carbocycles. The van der Waals surface area contributed by atoms with E-state index >= 15 is 0 Å². The zero-order valence-electron chi connectivity index (χ0n) is 14.2. The lowest BCUT2D eigenvalue weighted by Gasteiger charge is -2.39. The first kappa shape index (κ1) is 16.4. The summed E-state index contributed by atoms with van der Waals surface area (Å²) in [7, 11) is 1.81. The number of carbonyl (C=O) groups is 2. The van der Waals surface area contributed by atoms with Gasteiger partial charge in [-0.15, -0.1) is 0 Å². The monoisotopic (exact) mass is 325 g/mol. The van der Waals surface area contributed by atoms with Gasteiger partial charge in [-0.1, -0.05) is 38.0 Å². The Bertz CT molecular complexity index is 754. The molecule has 2 amide bonds. The molecule has 1 aliphatic rings. The van der Waals surface area contributed by atoms with Gasteiger partial charge in [-0.25, -0.2) is 0 Å². The number of amides is 2. The van der Waals surface area contributed by atoms with Gasteiger partial charge in [-0.3, -0.25) is 14.6 Å². The standard InChI is InChI=1S/C19H23N3O2/c1-3-4-10-16-19(24)21(2)12-13-22(16)18(23)15-9-5-7-14-8-6-11-20-17(14)15/h5-9,11,16H,3-4,10,12-13H2,1-2H3/t16-/m1/s1. The molecule has 24 heavy (non-hydrogen) atoms. The zero-order valence-corrected chi connectivity index (χ0v) is 14.2. The first-order chi connectivity index (χ1) is 11.6. The third-order valence-corrected chi connectivity index (χ3v) is 4.67. The molecule has 0 unspecified atom stereocenters. The first-order valence-electron chi connectivity index (χ1n) is 8.53. The van der Waals surface area contributed by atoms with Crippen LogP contribution in [0.3, 0.4) is 0 Å². The molecule has 1 fully saturated rings. The second kappa shape index (κ2) is 6.99. The molecule has 1 saturated heterocycles. The second-order valence-corrected chi connectivity index (χ2v) is 6.30. The number of carbonyl (C=O) groups excluding carboxylic acids is 2. The van der Waals surface area contributed by atoms with Crippen LogP contribution in [0, 0.1) is 0 Å². The fourth-order valence-corrected chi connectivity index (χ4v) is 3.26. The maximum atomic E-state index is 13.2. The smallest absolute Gasteiger partial charge is 0.256 e. The van der Waals surface area contributed by atoms with E-state index in [4.69, 9.17) is 0 Å². The van der Waals surface area contributed by atoms with Gasteiger partial charge >= 0.3 is 0 Å². The minimum Gasteiger partial charge on any atom is -0.342 e. The highest BCUT2D eigenvalue weighted by atomic mass is 16.2. The fraction of sp³-hybridized carbons (Fsp3) is 0.421. The Balaban J connectivity index is 1.95. The lowest BCUT2D eigenvalue weighted by molar-refractivity contribution is -0.138. The van der Waals surface area contributed by atoms with E-state index in [0.717, 1.165) is 18.2 Å². The van der Waals surface area contributed by atoms with E-state index in [2.05, 4.69) is 11.9 Å². The van der Waals surface area contributed by atoms with Gasteiger partial charge in [0.2, 0.25) is 5.91 Å². The second-order valence-electron chi connectivity index (χ2n) is 6.30. The van der Waals surface area contributed by atoms with Crippen LogP contribution in [0.2, 0.25) is 0 Å². The number of pyridine rings is 1. The number of hydrogen-bond acceptors (Lipinski definition) is 3. The molecular weight excluding hydrogens is 302 g/mol. The van der Waals surface area contributed by atoms with Gasteiger partial charge in [0.25, 0.3) is 5.91 Å². The van der Waals surface area contributed by atoms with Crippen LogP contribution in [0.25, 0.3) is 10.9 Å². The van der Waals surface area contributed by atoms with Crippen molar-refractivity contribution >= 4 is 22.7 Å². The van der Waals surface area contributed by atoms with Crippen LogP contribution in [0.4, 0.5) is 0 Å². The Hall–Kier alpha value is -2.43. The van der Waals surface area contributed by atoms with E-state index in [1.807, 2.05) is 31.3 Å². The number of benzene rings is 1. The van der Waals surface area contributed by atoms with Gasteiger partial charge < -0.3 is 9.80 Å². The summed E-state index contributed by atoms with van der Waals surface area (Å²) in [5.74, 6) is -0.0573. The quantitative estimate of drug-likeness (QED) is 0.868. The summed E-state index contributed by atoms with van der Waals surface area (Å²) in [5.41, 5.74) is 1.28. The molecule has 5 heteroatoms. The largest absolute Gasteiger partial charge is 0.342 e. The lowest BCUT2D eigenvalue weighted by Crippen LogP contribution is -2.57. The van der Waals surface area contributed by atoms with Crippen molar-refractivity contribution in [2.75, 3.05) is 20.1 Å². The average Bonchev–Trinajstić information content (AvgIpc) is 2.62. The van der Waals surface area contributed by atoms with E-state index in [9.17, 15) is 9.59 Å². The number of para-hydroxylation sites is 1. The first-order valence-corrected chi connectivity index (χ1v) is 8.53. The summed E-state index contributed by atoms with van der Waals surface area (Å²) in [4.78, 5) is 33.6. The van der Waals surface area contributed by atoms with Crippen LogP contribution in [0.1, 0.15) is 36.5 Å². The lowest BCUT2D eigenvalue weighted by atomic mass is 10.0. The summed E-state index contributed by atoms with van der Waals surface area (Å²) >= 11 is 0. The van der Waals surface area contributed by atoms with Crippen LogP contribution in [-0.2, 0) is 4.79 Å². The van der Waals surface area contributed by atoms with Crippen LogP contribution >= 0.6 is 0 Å². The normalized spacial score (nSPS) is 18.2. The topological polar surface area (TPSA) is 53.5 Å². The van der Waals surface area contributed by atoms with Gasteiger partial charge in [-0.2, -0.15) is 0 Å². The third kappa shape index (κ3) is 2.98. The molecule has 0 bridgehead atoms. The van der Waals surface area contributed by atoms with E-state index in [1.54, 1.807) is 22.1 Å². The number of nitrogens with zero attached hydrogens (tertiary/aromatic N) is 3. The van der Waals surface area contributed by atoms with Crippen LogP contribution in [0.15, 0.2) is 36.5 Å². The van der Waals surface area contributed by atoms with Crippen molar-refractivity contribution in [2.45, 2.75) is 32.2 Å². The molecule has 2 aromatic rings. The molecule has 0 N–H and O–H groups in total. The van der Waals surface area contributed by atoms with Crippen LogP contribution in [0.5, 0.6) is 0 Å². The molecule has 5 nitrogen and oxygen atoms in total. The number of fused-ring (bicyclic) bond motifs is 1. The number of aromatic nitrogens is 1. The van der Waals surface area contributed by atoms with Crippen molar-refractivity contribution < 1.29 is 9.59 Å². The highest BCUT2D eigenvalue weighted by Gasteiger charge is 2.36. The third-order valence-electron chi connectivity index (χ3n) is 4.67. The Morgan fingerprint density at radius 1 is 1.25 bits per heavy atom. The zero-order chi connectivity index (χ0) is 17.1. The highest BCUT2D eigenvalue weighted by molar-refractivity contribution is 6.07. The van der Waals surface area contributed by atoms with Gasteiger partial charge in [0.1, 0.15) is 6.04 Å². The summed E-state index contributed by atoms with van der Waals surface area (Å²) in [6.07, 6.45) is 4.35. The van der Waals surface area contributed by atoms with E-state index in [0.29, 0.717) is 30.6 Å². The minimum absolute atomic E-state index is 0.0382. The van der Waals surface area contributed by atoms with Gasteiger partial charge in [0, 0.05) is 31.7 Å². The Labute approximate surface area is 142 Å². The van der Waals surface area contributed by atoms with Gasteiger partial charge in [-0.05, 0) is 18.6 Å². The molecule has 0 radical (unpaired) electrons. The maximum Gasteiger partial charge on any atom is 0.256 e. The molecule has 3 rings (SSSR count). The summed E-state index contributed by atoms with van der Waals surface area (Å²) in [6.45, 7) is 3.24. The van der Waals surface area contributed by atoms with Crippen molar-refractivity contribution in [3.05, 3.63) is 42.1 Å². The van der Waals surface area contributed by atoms with E-state index < -0.39 is 0 Å². The van der Waals surface area contributed by atoms with Crippen molar-refractivity contribution in [3.63, 3.8) is 0 Å². The van der Waals surface area contributed by atoms with Crippen molar-refractivity contribution in [2.24, 2.45) is 0 Å². The Morgan fingerprint density at radius 2 is 2.04 bits per heavy atom. The van der Waals surface area contributed by atoms with Crippen molar-refractivity contribution in [3.8, 4) is 0 Å². The molecule has 1 aromatic heterocycles. The molecule has 0 saturated carbocycles. The average molecular weight is 325 g/mol. The molecule has 1 aromatic carbocycles. The molecule has 0 spiro atoms. The Morgan fingerprint density at radius 3 is 2.83 bits per heavy atom. The number of unbranched alkanes of at least 4 members (excludes halogenated alkanes) is 1. The summed E-state index contributed by atoms with van der Waals surface area (Å²) < 4.78 is 0.